The Balaban J connectivity index is 1.91. The molecular weight excluding hydrogens is 450 g/mol. The summed E-state index contributed by atoms with van der Waals surface area (Å²) in [7, 11) is 1.58. The van der Waals surface area contributed by atoms with E-state index in [1.165, 1.54) is 0 Å². The van der Waals surface area contributed by atoms with Gasteiger partial charge < -0.3 is 29.0 Å². The Labute approximate surface area is 207 Å². The second-order valence-electron chi connectivity index (χ2n) is 8.55. The predicted octanol–water partition coefficient (Wildman–Crippen LogP) is 5.04. The Morgan fingerprint density at radius 2 is 1.57 bits per heavy atom. The highest BCUT2D eigenvalue weighted by Gasteiger charge is 2.18. The Kier molecular flexibility index (Phi) is 11.9. The second-order valence-corrected chi connectivity index (χ2v) is 8.55. The van der Waals surface area contributed by atoms with Gasteiger partial charge in [0.15, 0.2) is 6.10 Å². The highest BCUT2D eigenvalue weighted by atomic mass is 16.6. The number of nitrogens with zero attached hydrogens (tertiary/aromatic N) is 1. The van der Waals surface area contributed by atoms with Gasteiger partial charge in [-0.2, -0.15) is 0 Å². The van der Waals surface area contributed by atoms with Crippen molar-refractivity contribution in [3.05, 3.63) is 54.1 Å². The lowest BCUT2D eigenvalue weighted by atomic mass is 10.1. The zero-order chi connectivity index (χ0) is 25.6. The van der Waals surface area contributed by atoms with Gasteiger partial charge in [-0.25, -0.2) is 9.59 Å². The molecule has 0 aliphatic carbocycles. The minimum atomic E-state index is -0.980. The van der Waals surface area contributed by atoms with Gasteiger partial charge in [0, 0.05) is 19.6 Å². The Bertz CT molecular complexity index is 897. The molecule has 0 aliphatic rings. The summed E-state index contributed by atoms with van der Waals surface area (Å²) in [5, 5.41) is 9.24. The fourth-order valence-corrected chi connectivity index (χ4v) is 3.42. The van der Waals surface area contributed by atoms with Crippen molar-refractivity contribution in [1.29, 1.82) is 0 Å². The van der Waals surface area contributed by atoms with Crippen molar-refractivity contribution < 1.29 is 33.6 Å². The molecule has 0 fully saturated rings. The van der Waals surface area contributed by atoms with E-state index in [1.54, 1.807) is 55.3 Å². The van der Waals surface area contributed by atoms with Crippen LogP contribution in [0.2, 0.25) is 0 Å². The van der Waals surface area contributed by atoms with Gasteiger partial charge in [-0.1, -0.05) is 26.0 Å². The molecule has 1 atom stereocenters. The van der Waals surface area contributed by atoms with Crippen LogP contribution in [0.3, 0.4) is 0 Å². The van der Waals surface area contributed by atoms with E-state index in [-0.39, 0.29) is 6.42 Å². The summed E-state index contributed by atoms with van der Waals surface area (Å²) in [5.74, 6) is 1.35. The minimum Gasteiger partial charge on any atom is -0.497 e. The van der Waals surface area contributed by atoms with E-state index < -0.39 is 18.2 Å². The number of hydrogen-bond acceptors (Lipinski definition) is 6. The van der Waals surface area contributed by atoms with Crippen molar-refractivity contribution >= 4 is 12.1 Å². The summed E-state index contributed by atoms with van der Waals surface area (Å²) in [6.07, 6.45) is 0.864. The number of ether oxygens (including phenoxy) is 4. The van der Waals surface area contributed by atoms with Crippen LogP contribution >= 0.6 is 0 Å². The van der Waals surface area contributed by atoms with Crippen LogP contribution in [0.4, 0.5) is 4.79 Å². The molecule has 0 saturated heterocycles. The van der Waals surface area contributed by atoms with Crippen LogP contribution in [0.5, 0.6) is 17.2 Å². The third-order valence-corrected chi connectivity index (χ3v) is 5.35. The standard InChI is InChI=1S/C27H37NO7/c1-5-33-25(26(29)30)19-21-8-10-23(11-9-21)34-18-17-28(16-6-7-20(2)3)27(31)35-24-14-12-22(32-4)13-15-24/h8-15,20,25H,5-7,16-19H2,1-4H3,(H,29,30). The molecule has 192 valence electrons. The molecule has 0 aromatic heterocycles. The molecule has 0 radical (unpaired) electrons. The topological polar surface area (TPSA) is 94.5 Å². The molecule has 0 heterocycles. The van der Waals surface area contributed by atoms with Gasteiger partial charge in [0.25, 0.3) is 0 Å². The lowest BCUT2D eigenvalue weighted by Gasteiger charge is -2.22. The number of aliphatic carboxylic acids is 1. The van der Waals surface area contributed by atoms with E-state index in [2.05, 4.69) is 13.8 Å². The number of carboxylic acid groups (broad SMARTS) is 1. The molecule has 2 rings (SSSR count). The average Bonchev–Trinajstić information content (AvgIpc) is 2.84. The molecule has 2 aromatic carbocycles. The Morgan fingerprint density at radius 1 is 0.943 bits per heavy atom. The van der Waals surface area contributed by atoms with Crippen LogP contribution in [0, 0.1) is 5.92 Å². The molecule has 1 N–H and O–H groups in total. The SMILES string of the molecule is CCOC(Cc1ccc(OCCN(CCCC(C)C)C(=O)Oc2ccc(OC)cc2)cc1)C(=O)O. The van der Waals surface area contributed by atoms with Gasteiger partial charge in [0.2, 0.25) is 0 Å². The van der Waals surface area contributed by atoms with Gasteiger partial charge in [-0.05, 0) is 67.6 Å². The minimum absolute atomic E-state index is 0.282. The van der Waals surface area contributed by atoms with Gasteiger partial charge in [0.05, 0.1) is 13.7 Å². The fraction of sp³-hybridized carbons (Fsp3) is 0.481. The quantitative estimate of drug-likeness (QED) is 0.376. The molecule has 2 aromatic rings. The fourth-order valence-electron chi connectivity index (χ4n) is 3.42. The van der Waals surface area contributed by atoms with Crippen molar-refractivity contribution in [2.24, 2.45) is 5.92 Å². The summed E-state index contributed by atoms with van der Waals surface area (Å²) < 4.78 is 21.8. The maximum atomic E-state index is 12.8. The first-order valence-corrected chi connectivity index (χ1v) is 12.0. The molecule has 0 aliphatic heterocycles. The summed E-state index contributed by atoms with van der Waals surface area (Å²) in [6, 6.07) is 14.1. The van der Waals surface area contributed by atoms with Gasteiger partial charge in [-0.15, -0.1) is 0 Å². The molecule has 8 heteroatoms. The van der Waals surface area contributed by atoms with Crippen LogP contribution in [0.1, 0.15) is 39.2 Å². The smallest absolute Gasteiger partial charge is 0.415 e. The van der Waals surface area contributed by atoms with Gasteiger partial charge >= 0.3 is 12.1 Å². The highest BCUT2D eigenvalue weighted by molar-refractivity contribution is 5.72. The second kappa shape index (κ2) is 14.9. The lowest BCUT2D eigenvalue weighted by Crippen LogP contribution is -2.37. The van der Waals surface area contributed by atoms with Crippen LogP contribution in [-0.2, 0) is 16.0 Å². The van der Waals surface area contributed by atoms with Crippen molar-refractivity contribution in [3.8, 4) is 17.2 Å². The highest BCUT2D eigenvalue weighted by Crippen LogP contribution is 2.19. The van der Waals surface area contributed by atoms with E-state index in [1.807, 2.05) is 12.1 Å². The van der Waals surface area contributed by atoms with E-state index in [4.69, 9.17) is 18.9 Å². The number of rotatable bonds is 15. The van der Waals surface area contributed by atoms with Crippen molar-refractivity contribution in [3.63, 3.8) is 0 Å². The number of benzene rings is 2. The van der Waals surface area contributed by atoms with Crippen molar-refractivity contribution in [1.82, 2.24) is 4.90 Å². The largest absolute Gasteiger partial charge is 0.497 e. The third-order valence-electron chi connectivity index (χ3n) is 5.35. The summed E-state index contributed by atoms with van der Waals surface area (Å²) >= 11 is 0. The van der Waals surface area contributed by atoms with Crippen LogP contribution in [0.15, 0.2) is 48.5 Å². The number of hydrogen-bond donors (Lipinski definition) is 1. The molecule has 35 heavy (non-hydrogen) atoms. The zero-order valence-corrected chi connectivity index (χ0v) is 21.1. The molecule has 0 bridgehead atoms. The van der Waals surface area contributed by atoms with Crippen molar-refractivity contribution in [2.75, 3.05) is 33.4 Å². The summed E-state index contributed by atoms with van der Waals surface area (Å²) in [6.45, 7) is 7.66. The van der Waals surface area contributed by atoms with Crippen LogP contribution < -0.4 is 14.2 Å². The molecule has 8 nitrogen and oxygen atoms in total. The normalized spacial score (nSPS) is 11.7. The van der Waals surface area contributed by atoms with E-state index in [9.17, 15) is 14.7 Å². The first-order valence-electron chi connectivity index (χ1n) is 12.0. The van der Waals surface area contributed by atoms with Gasteiger partial charge in [0.1, 0.15) is 23.9 Å². The molecule has 1 amide bonds. The number of carboxylic acids is 1. The third kappa shape index (κ3) is 10.3. The molecule has 1 unspecified atom stereocenters. The van der Waals surface area contributed by atoms with E-state index in [0.717, 1.165) is 18.4 Å². The summed E-state index contributed by atoms with van der Waals surface area (Å²) in [4.78, 5) is 25.7. The maximum absolute atomic E-state index is 12.8. The van der Waals surface area contributed by atoms with E-state index in [0.29, 0.717) is 49.5 Å². The molecule has 0 spiro atoms. The first kappa shape index (κ1) is 28.0. The van der Waals surface area contributed by atoms with Gasteiger partial charge in [-0.3, -0.25) is 0 Å². The maximum Gasteiger partial charge on any atom is 0.415 e. The summed E-state index contributed by atoms with van der Waals surface area (Å²) in [5.41, 5.74) is 0.844. The number of carbonyl (C=O) groups is 2. The molecule has 0 saturated carbocycles. The van der Waals surface area contributed by atoms with Crippen LogP contribution in [0.25, 0.3) is 0 Å². The Morgan fingerprint density at radius 3 is 2.14 bits per heavy atom. The van der Waals surface area contributed by atoms with E-state index >= 15 is 0 Å². The first-order chi connectivity index (χ1) is 16.8. The number of amides is 1. The van der Waals surface area contributed by atoms with Crippen LogP contribution in [-0.4, -0.2) is 61.6 Å². The molecular formula is C27H37NO7. The zero-order valence-electron chi connectivity index (χ0n) is 21.1. The number of methoxy groups -OCH3 is 1. The van der Waals surface area contributed by atoms with Crippen molar-refractivity contribution in [2.45, 2.75) is 46.1 Å². The Hall–Kier alpha value is -3.26. The average molecular weight is 488 g/mol. The number of carbonyl (C=O) groups excluding carboxylic acids is 1. The monoisotopic (exact) mass is 487 g/mol. The lowest BCUT2D eigenvalue weighted by molar-refractivity contribution is -0.149. The predicted molar refractivity (Wildman–Crippen MR) is 133 cm³/mol.